The molecular formula is C23H29N5O2S. The number of likely N-dealkylation sites (tertiary alicyclic amines) is 1. The summed E-state index contributed by atoms with van der Waals surface area (Å²) in [6.07, 6.45) is 5.58. The van der Waals surface area contributed by atoms with Crippen LogP contribution in [0.3, 0.4) is 0 Å². The number of rotatable bonds is 9. The molecule has 1 fully saturated rings. The minimum absolute atomic E-state index is 0.0207. The van der Waals surface area contributed by atoms with Crippen molar-refractivity contribution in [3.05, 3.63) is 53.8 Å². The fraction of sp³-hybridized carbons (Fsp3) is 0.435. The molecule has 0 aliphatic carbocycles. The Balaban J connectivity index is 1.24. The van der Waals surface area contributed by atoms with Gasteiger partial charge in [0.05, 0.1) is 12.0 Å². The Morgan fingerprint density at radius 3 is 2.58 bits per heavy atom. The van der Waals surface area contributed by atoms with Crippen molar-refractivity contribution in [2.75, 3.05) is 18.8 Å². The molecule has 4 rings (SSSR count). The number of nitrogens with zero attached hydrogens (tertiary/aromatic N) is 4. The Morgan fingerprint density at radius 2 is 1.87 bits per heavy atom. The highest BCUT2D eigenvalue weighted by molar-refractivity contribution is 7.99. The molecule has 1 aliphatic rings. The lowest BCUT2D eigenvalue weighted by atomic mass is 10.1. The third-order valence-electron chi connectivity index (χ3n) is 5.47. The zero-order valence-corrected chi connectivity index (χ0v) is 18.7. The maximum Gasteiger partial charge on any atom is 0.230 e. The van der Waals surface area contributed by atoms with Gasteiger partial charge in [0.15, 0.2) is 16.7 Å². The number of nitrogens with one attached hydrogen (secondary N) is 1. The van der Waals surface area contributed by atoms with E-state index in [2.05, 4.69) is 44.7 Å². The van der Waals surface area contributed by atoms with Crippen molar-refractivity contribution >= 4 is 17.7 Å². The molecule has 1 amide bonds. The summed E-state index contributed by atoms with van der Waals surface area (Å²) in [6, 6.07) is 12.2. The van der Waals surface area contributed by atoms with Gasteiger partial charge in [0.2, 0.25) is 5.91 Å². The van der Waals surface area contributed by atoms with Gasteiger partial charge < -0.3 is 9.73 Å². The first-order chi connectivity index (χ1) is 15.2. The average molecular weight is 440 g/mol. The molecule has 0 bridgehead atoms. The van der Waals surface area contributed by atoms with E-state index < -0.39 is 0 Å². The zero-order valence-electron chi connectivity index (χ0n) is 17.9. The molecule has 164 valence electrons. The largest absolute Gasteiger partial charge is 0.461 e. The van der Waals surface area contributed by atoms with Crippen molar-refractivity contribution in [1.29, 1.82) is 0 Å². The highest BCUT2D eigenvalue weighted by atomic mass is 32.2. The minimum Gasteiger partial charge on any atom is -0.461 e. The van der Waals surface area contributed by atoms with Crippen LogP contribution in [0.2, 0.25) is 0 Å². The first kappa shape index (κ1) is 21.6. The van der Waals surface area contributed by atoms with Gasteiger partial charge in [0, 0.05) is 19.6 Å². The second kappa shape index (κ2) is 10.6. The molecule has 3 heterocycles. The van der Waals surface area contributed by atoms with Crippen LogP contribution in [0.1, 0.15) is 37.3 Å². The summed E-state index contributed by atoms with van der Waals surface area (Å²) in [5.74, 6) is 1.63. The predicted octanol–water partition coefficient (Wildman–Crippen LogP) is 3.95. The van der Waals surface area contributed by atoms with E-state index >= 15 is 0 Å². The number of carbonyl (C=O) groups is 1. The van der Waals surface area contributed by atoms with Crippen molar-refractivity contribution < 1.29 is 9.21 Å². The Labute approximate surface area is 187 Å². The quantitative estimate of drug-likeness (QED) is 0.509. The third-order valence-corrected chi connectivity index (χ3v) is 6.44. The second-order valence-electron chi connectivity index (χ2n) is 7.75. The van der Waals surface area contributed by atoms with E-state index in [9.17, 15) is 4.79 Å². The van der Waals surface area contributed by atoms with Crippen LogP contribution >= 0.6 is 11.8 Å². The molecule has 0 radical (unpaired) electrons. The first-order valence-electron chi connectivity index (χ1n) is 10.9. The maximum absolute atomic E-state index is 12.3. The van der Waals surface area contributed by atoms with Gasteiger partial charge in [-0.25, -0.2) is 0 Å². The fourth-order valence-electron chi connectivity index (χ4n) is 3.79. The molecule has 8 heteroatoms. The SMILES string of the molecule is CCn1c(SCC(=O)NCc2ccc(CN3CCCCC3)cc2)nnc1-c1ccco1. The minimum atomic E-state index is -0.0207. The third kappa shape index (κ3) is 5.77. The number of hydrogen-bond donors (Lipinski definition) is 1. The van der Waals surface area contributed by atoms with E-state index in [1.807, 2.05) is 23.6 Å². The highest BCUT2D eigenvalue weighted by Crippen LogP contribution is 2.24. The van der Waals surface area contributed by atoms with Crippen molar-refractivity contribution in [2.45, 2.75) is 51.0 Å². The molecule has 7 nitrogen and oxygen atoms in total. The normalized spacial score (nSPS) is 14.6. The lowest BCUT2D eigenvalue weighted by Gasteiger charge is -2.26. The molecule has 1 aromatic carbocycles. The molecule has 1 saturated heterocycles. The summed E-state index contributed by atoms with van der Waals surface area (Å²) in [5.41, 5.74) is 2.44. The number of aromatic nitrogens is 3. The van der Waals surface area contributed by atoms with Crippen LogP contribution in [-0.2, 0) is 24.4 Å². The number of carbonyl (C=O) groups excluding carboxylic acids is 1. The molecule has 31 heavy (non-hydrogen) atoms. The van der Waals surface area contributed by atoms with Crippen molar-refractivity contribution in [2.24, 2.45) is 0 Å². The van der Waals surface area contributed by atoms with Crippen LogP contribution in [-0.4, -0.2) is 44.4 Å². The lowest BCUT2D eigenvalue weighted by Crippen LogP contribution is -2.29. The van der Waals surface area contributed by atoms with Crippen LogP contribution in [0.15, 0.2) is 52.2 Å². The van der Waals surface area contributed by atoms with E-state index in [0.29, 0.717) is 35.6 Å². The fourth-order valence-corrected chi connectivity index (χ4v) is 4.62. The molecule has 0 unspecified atom stereocenters. The van der Waals surface area contributed by atoms with Gasteiger partial charge in [-0.2, -0.15) is 0 Å². The number of furan rings is 1. The molecule has 1 aliphatic heterocycles. The van der Waals surface area contributed by atoms with E-state index in [4.69, 9.17) is 4.42 Å². The number of thioether (sulfide) groups is 1. The van der Waals surface area contributed by atoms with Crippen LogP contribution in [0.4, 0.5) is 0 Å². The van der Waals surface area contributed by atoms with Crippen LogP contribution in [0.25, 0.3) is 11.6 Å². The van der Waals surface area contributed by atoms with E-state index in [-0.39, 0.29) is 5.91 Å². The molecule has 0 spiro atoms. The van der Waals surface area contributed by atoms with E-state index in [0.717, 1.165) is 12.1 Å². The molecular weight excluding hydrogens is 410 g/mol. The lowest BCUT2D eigenvalue weighted by molar-refractivity contribution is -0.118. The molecule has 1 N–H and O–H groups in total. The van der Waals surface area contributed by atoms with Crippen LogP contribution < -0.4 is 5.32 Å². The van der Waals surface area contributed by atoms with Gasteiger partial charge in [-0.3, -0.25) is 14.3 Å². The van der Waals surface area contributed by atoms with Crippen molar-refractivity contribution in [3.8, 4) is 11.6 Å². The molecule has 2 aromatic heterocycles. The van der Waals surface area contributed by atoms with Crippen LogP contribution in [0, 0.1) is 0 Å². The summed E-state index contributed by atoms with van der Waals surface area (Å²) >= 11 is 1.38. The summed E-state index contributed by atoms with van der Waals surface area (Å²) in [4.78, 5) is 14.9. The van der Waals surface area contributed by atoms with E-state index in [1.165, 1.54) is 49.7 Å². The van der Waals surface area contributed by atoms with Gasteiger partial charge in [-0.15, -0.1) is 10.2 Å². The highest BCUT2D eigenvalue weighted by Gasteiger charge is 2.16. The van der Waals surface area contributed by atoms with Crippen molar-refractivity contribution in [1.82, 2.24) is 25.0 Å². The maximum atomic E-state index is 12.3. The molecule has 3 aromatic rings. The summed E-state index contributed by atoms with van der Waals surface area (Å²) in [7, 11) is 0. The van der Waals surface area contributed by atoms with Crippen molar-refractivity contribution in [3.63, 3.8) is 0 Å². The zero-order chi connectivity index (χ0) is 21.5. The number of amides is 1. The standard InChI is InChI=1S/C23H29N5O2S/c1-2-28-22(20-7-6-14-30-20)25-26-23(28)31-17-21(29)24-15-18-8-10-19(11-9-18)16-27-12-4-3-5-13-27/h6-11,14H,2-5,12-13,15-17H2,1H3,(H,24,29). The number of hydrogen-bond acceptors (Lipinski definition) is 6. The number of piperidine rings is 1. The van der Waals surface area contributed by atoms with Gasteiger partial charge in [-0.05, 0) is 56.1 Å². The van der Waals surface area contributed by atoms with Gasteiger partial charge >= 0.3 is 0 Å². The van der Waals surface area contributed by atoms with Gasteiger partial charge in [0.1, 0.15) is 0 Å². The topological polar surface area (TPSA) is 76.2 Å². The van der Waals surface area contributed by atoms with Crippen LogP contribution in [0.5, 0.6) is 0 Å². The Bertz CT molecular complexity index is 963. The summed E-state index contributed by atoms with van der Waals surface area (Å²) in [5, 5.41) is 12.1. The predicted molar refractivity (Wildman–Crippen MR) is 122 cm³/mol. The Hall–Kier alpha value is -2.58. The van der Waals surface area contributed by atoms with Gasteiger partial charge in [-0.1, -0.05) is 42.4 Å². The molecule has 0 atom stereocenters. The second-order valence-corrected chi connectivity index (χ2v) is 8.69. The monoisotopic (exact) mass is 439 g/mol. The first-order valence-corrected chi connectivity index (χ1v) is 11.9. The molecule has 0 saturated carbocycles. The summed E-state index contributed by atoms with van der Waals surface area (Å²) in [6.45, 7) is 6.67. The van der Waals surface area contributed by atoms with E-state index in [1.54, 1.807) is 6.26 Å². The smallest absolute Gasteiger partial charge is 0.230 e. The number of benzene rings is 1. The average Bonchev–Trinajstić information content (AvgIpc) is 3.47. The summed E-state index contributed by atoms with van der Waals surface area (Å²) < 4.78 is 7.38. The Morgan fingerprint density at radius 1 is 1.10 bits per heavy atom. The van der Waals surface area contributed by atoms with Gasteiger partial charge in [0.25, 0.3) is 0 Å². The Kier molecular flexibility index (Phi) is 7.43.